The average molecular weight is 255 g/mol. The zero-order valence-corrected chi connectivity index (χ0v) is 10.6. The van der Waals surface area contributed by atoms with Gasteiger partial charge in [0.25, 0.3) is 0 Å². The summed E-state index contributed by atoms with van der Waals surface area (Å²) in [7, 11) is 0. The third-order valence-electron chi connectivity index (χ3n) is 3.35. The second kappa shape index (κ2) is 6.70. The van der Waals surface area contributed by atoms with Crippen LogP contribution in [0.15, 0.2) is 0 Å². The smallest absolute Gasteiger partial charge is 0.239 e. The number of amides is 2. The highest BCUT2D eigenvalue weighted by Gasteiger charge is 2.21. The molecule has 0 bridgehead atoms. The molecule has 2 aliphatic heterocycles. The molecule has 2 saturated heterocycles. The van der Waals surface area contributed by atoms with Crippen molar-refractivity contribution >= 4 is 11.8 Å². The molecule has 0 unspecified atom stereocenters. The largest absolute Gasteiger partial charge is 0.378 e. The molecular formula is C12H21N3O3. The number of nitrogens with zero attached hydrogens (tertiary/aromatic N) is 1. The van der Waals surface area contributed by atoms with Gasteiger partial charge < -0.3 is 20.3 Å². The van der Waals surface area contributed by atoms with Crippen LogP contribution in [0.3, 0.4) is 0 Å². The molecule has 18 heavy (non-hydrogen) atoms. The zero-order valence-electron chi connectivity index (χ0n) is 10.6. The van der Waals surface area contributed by atoms with Gasteiger partial charge in [-0.05, 0) is 25.9 Å². The van der Waals surface area contributed by atoms with Gasteiger partial charge in [0.15, 0.2) is 0 Å². The van der Waals surface area contributed by atoms with Crippen molar-refractivity contribution in [2.45, 2.75) is 25.4 Å². The molecule has 2 fully saturated rings. The van der Waals surface area contributed by atoms with Gasteiger partial charge in [-0.1, -0.05) is 0 Å². The lowest BCUT2D eigenvalue weighted by Gasteiger charge is -2.27. The highest BCUT2D eigenvalue weighted by molar-refractivity contribution is 5.85. The first-order valence-corrected chi connectivity index (χ1v) is 6.62. The van der Waals surface area contributed by atoms with Crippen molar-refractivity contribution in [3.63, 3.8) is 0 Å². The maximum absolute atomic E-state index is 11.8. The first-order valence-electron chi connectivity index (χ1n) is 6.62. The third kappa shape index (κ3) is 3.96. The van der Waals surface area contributed by atoms with Crippen LogP contribution in [0.25, 0.3) is 0 Å². The van der Waals surface area contributed by atoms with Crippen LogP contribution in [0.1, 0.15) is 19.3 Å². The molecular weight excluding hydrogens is 234 g/mol. The van der Waals surface area contributed by atoms with E-state index >= 15 is 0 Å². The lowest BCUT2D eigenvalue weighted by Crippen LogP contribution is -2.50. The Labute approximate surface area is 107 Å². The fourth-order valence-electron chi connectivity index (χ4n) is 2.28. The second-order valence-corrected chi connectivity index (χ2v) is 4.74. The summed E-state index contributed by atoms with van der Waals surface area (Å²) in [5, 5.41) is 5.97. The molecule has 6 heteroatoms. The summed E-state index contributed by atoms with van der Waals surface area (Å²) in [6.07, 6.45) is 2.68. The van der Waals surface area contributed by atoms with Gasteiger partial charge >= 0.3 is 0 Å². The minimum atomic E-state index is -0.0751. The highest BCUT2D eigenvalue weighted by Crippen LogP contribution is 2.08. The Kier molecular flexibility index (Phi) is 4.95. The number of hydrogen-bond acceptors (Lipinski definition) is 4. The molecule has 2 rings (SSSR count). The summed E-state index contributed by atoms with van der Waals surface area (Å²) in [6.45, 7) is 3.79. The van der Waals surface area contributed by atoms with Crippen LogP contribution in [0.4, 0.5) is 0 Å². The van der Waals surface area contributed by atoms with Crippen LogP contribution in [0.5, 0.6) is 0 Å². The molecule has 102 valence electrons. The summed E-state index contributed by atoms with van der Waals surface area (Å²) in [5.74, 6) is -0.0624. The van der Waals surface area contributed by atoms with Crippen LogP contribution in [-0.4, -0.2) is 62.1 Å². The van der Waals surface area contributed by atoms with Gasteiger partial charge in [-0.2, -0.15) is 0 Å². The van der Waals surface area contributed by atoms with Crippen molar-refractivity contribution in [1.29, 1.82) is 0 Å². The van der Waals surface area contributed by atoms with Crippen molar-refractivity contribution in [3.8, 4) is 0 Å². The van der Waals surface area contributed by atoms with E-state index in [0.717, 1.165) is 25.9 Å². The normalized spacial score (nSPS) is 21.8. The predicted molar refractivity (Wildman–Crippen MR) is 66.1 cm³/mol. The van der Waals surface area contributed by atoms with E-state index in [-0.39, 0.29) is 24.5 Å². The number of ether oxygens (including phenoxy) is 1. The van der Waals surface area contributed by atoms with Crippen LogP contribution in [-0.2, 0) is 14.3 Å². The molecule has 0 aromatic rings. The van der Waals surface area contributed by atoms with Crippen LogP contribution in [0, 0.1) is 0 Å². The van der Waals surface area contributed by atoms with E-state index < -0.39 is 0 Å². The monoisotopic (exact) mass is 255 g/mol. The third-order valence-corrected chi connectivity index (χ3v) is 3.35. The molecule has 0 saturated carbocycles. The molecule has 0 aromatic heterocycles. The first-order chi connectivity index (χ1) is 8.75. The Morgan fingerprint density at radius 3 is 2.83 bits per heavy atom. The molecule has 0 atom stereocenters. The molecule has 2 amide bonds. The van der Waals surface area contributed by atoms with E-state index in [1.807, 2.05) is 0 Å². The molecule has 0 spiro atoms. The molecule has 2 heterocycles. The topological polar surface area (TPSA) is 70.7 Å². The van der Waals surface area contributed by atoms with E-state index in [1.54, 1.807) is 4.90 Å². The summed E-state index contributed by atoms with van der Waals surface area (Å²) in [6, 6.07) is 0. The minimum absolute atomic E-state index is 0.0128. The summed E-state index contributed by atoms with van der Waals surface area (Å²) in [5.41, 5.74) is 0. The van der Waals surface area contributed by atoms with Crippen LogP contribution < -0.4 is 10.6 Å². The maximum atomic E-state index is 11.8. The fraction of sp³-hybridized carbons (Fsp3) is 0.833. The Hall–Kier alpha value is -1.14. The molecule has 0 aromatic carbocycles. The van der Waals surface area contributed by atoms with E-state index in [2.05, 4.69) is 10.6 Å². The number of carbonyl (C=O) groups excluding carboxylic acids is 2. The van der Waals surface area contributed by atoms with E-state index in [0.29, 0.717) is 26.1 Å². The molecule has 0 aliphatic carbocycles. The number of carbonyl (C=O) groups is 2. The Morgan fingerprint density at radius 2 is 2.11 bits per heavy atom. The Morgan fingerprint density at radius 1 is 1.33 bits per heavy atom. The minimum Gasteiger partial charge on any atom is -0.378 e. The zero-order chi connectivity index (χ0) is 12.8. The van der Waals surface area contributed by atoms with E-state index in [4.69, 9.17) is 4.74 Å². The van der Waals surface area contributed by atoms with Gasteiger partial charge in [0.05, 0.1) is 25.7 Å². The number of nitrogens with one attached hydrogen (secondary N) is 2. The first kappa shape index (κ1) is 13.3. The average Bonchev–Trinajstić information content (AvgIpc) is 2.40. The number of piperidine rings is 1. The van der Waals surface area contributed by atoms with Crippen LogP contribution >= 0.6 is 0 Å². The van der Waals surface area contributed by atoms with Crippen molar-refractivity contribution < 1.29 is 14.3 Å². The molecule has 2 N–H and O–H groups in total. The molecule has 6 nitrogen and oxygen atoms in total. The van der Waals surface area contributed by atoms with Gasteiger partial charge in [0.1, 0.15) is 0 Å². The van der Waals surface area contributed by atoms with Crippen molar-refractivity contribution in [2.24, 2.45) is 0 Å². The second-order valence-electron chi connectivity index (χ2n) is 4.74. The lowest BCUT2D eigenvalue weighted by atomic mass is 10.1. The van der Waals surface area contributed by atoms with Gasteiger partial charge in [0.2, 0.25) is 11.8 Å². The fourth-order valence-corrected chi connectivity index (χ4v) is 2.28. The maximum Gasteiger partial charge on any atom is 0.239 e. The number of piperazine rings is 1. The number of hydrogen-bond donors (Lipinski definition) is 2. The molecule has 0 radical (unpaired) electrons. The summed E-state index contributed by atoms with van der Waals surface area (Å²) in [4.78, 5) is 24.6. The highest BCUT2D eigenvalue weighted by atomic mass is 16.5. The number of rotatable bonds is 4. The van der Waals surface area contributed by atoms with Gasteiger partial charge in [-0.25, -0.2) is 0 Å². The van der Waals surface area contributed by atoms with Crippen LogP contribution in [0.2, 0.25) is 0 Å². The quantitative estimate of drug-likeness (QED) is 0.683. The van der Waals surface area contributed by atoms with Crippen molar-refractivity contribution in [1.82, 2.24) is 15.5 Å². The lowest BCUT2D eigenvalue weighted by molar-refractivity contribution is -0.139. The Balaban J connectivity index is 1.63. The van der Waals surface area contributed by atoms with Gasteiger partial charge in [0, 0.05) is 13.1 Å². The van der Waals surface area contributed by atoms with Crippen molar-refractivity contribution in [3.05, 3.63) is 0 Å². The standard InChI is InChI=1S/C12H21N3O3/c16-11-9-15(7-6-14-11)12(17)3-8-18-10-1-4-13-5-2-10/h10,13H,1-9H2,(H,14,16). The Bertz CT molecular complexity index is 303. The summed E-state index contributed by atoms with van der Waals surface area (Å²) >= 11 is 0. The van der Waals surface area contributed by atoms with Gasteiger partial charge in [-0.15, -0.1) is 0 Å². The van der Waals surface area contributed by atoms with E-state index in [9.17, 15) is 9.59 Å². The van der Waals surface area contributed by atoms with E-state index in [1.165, 1.54) is 0 Å². The SMILES string of the molecule is O=C1CN(C(=O)CCOC2CCNCC2)CCN1. The van der Waals surface area contributed by atoms with Gasteiger partial charge in [-0.3, -0.25) is 9.59 Å². The summed E-state index contributed by atoms with van der Waals surface area (Å²) < 4.78 is 5.68. The predicted octanol–water partition coefficient (Wildman–Crippen LogP) is -0.896. The molecule has 2 aliphatic rings. The van der Waals surface area contributed by atoms with Crippen molar-refractivity contribution in [2.75, 3.05) is 39.3 Å².